The first-order valence-corrected chi connectivity index (χ1v) is 7.30. The highest BCUT2D eigenvalue weighted by Crippen LogP contribution is 2.17. The number of hydrogen-bond donors (Lipinski definition) is 1. The van der Waals surface area contributed by atoms with E-state index in [1.165, 1.54) is 37.1 Å². The molecule has 0 amide bonds. The van der Waals surface area contributed by atoms with Crippen LogP contribution in [0.15, 0.2) is 24.3 Å². The van der Waals surface area contributed by atoms with E-state index in [1.54, 1.807) is 0 Å². The molecule has 106 valence electrons. The number of nitrogens with zero attached hydrogens (tertiary/aromatic N) is 2. The summed E-state index contributed by atoms with van der Waals surface area (Å²) >= 11 is 0. The highest BCUT2D eigenvalue weighted by Gasteiger charge is 2.20. The zero-order chi connectivity index (χ0) is 13.7. The fourth-order valence-electron chi connectivity index (χ4n) is 2.89. The molecule has 0 spiro atoms. The van der Waals surface area contributed by atoms with Crippen LogP contribution in [0.25, 0.3) is 0 Å². The van der Waals surface area contributed by atoms with Crippen LogP contribution in [-0.4, -0.2) is 50.1 Å². The summed E-state index contributed by atoms with van der Waals surface area (Å²) in [4.78, 5) is 4.95. The average molecular weight is 261 g/mol. The van der Waals surface area contributed by atoms with Gasteiger partial charge in [-0.2, -0.15) is 0 Å². The number of benzene rings is 1. The maximum Gasteiger partial charge on any atom is 0.0233 e. The van der Waals surface area contributed by atoms with E-state index < -0.39 is 0 Å². The Hall–Kier alpha value is -0.900. The quantitative estimate of drug-likeness (QED) is 0.874. The lowest BCUT2D eigenvalue weighted by molar-refractivity contribution is 0.139. The lowest BCUT2D eigenvalue weighted by Gasteiger charge is -2.35. The van der Waals surface area contributed by atoms with Crippen molar-refractivity contribution in [2.75, 3.05) is 34.2 Å². The Labute approximate surface area is 117 Å². The molecule has 0 atom stereocenters. The summed E-state index contributed by atoms with van der Waals surface area (Å²) in [5.74, 6) is 0. The van der Waals surface area contributed by atoms with Crippen molar-refractivity contribution in [2.45, 2.75) is 32.0 Å². The van der Waals surface area contributed by atoms with Crippen molar-refractivity contribution in [2.24, 2.45) is 0 Å². The molecule has 1 aliphatic rings. The van der Waals surface area contributed by atoms with Gasteiger partial charge in [-0.25, -0.2) is 0 Å². The molecule has 19 heavy (non-hydrogen) atoms. The molecule has 0 radical (unpaired) electrons. The van der Waals surface area contributed by atoms with Crippen LogP contribution in [0.1, 0.15) is 24.0 Å². The number of rotatable bonds is 5. The topological polar surface area (TPSA) is 18.5 Å². The van der Waals surface area contributed by atoms with Gasteiger partial charge in [0.15, 0.2) is 0 Å². The monoisotopic (exact) mass is 261 g/mol. The van der Waals surface area contributed by atoms with Gasteiger partial charge in [0, 0.05) is 19.1 Å². The molecule has 1 aromatic rings. The number of hydrogen-bond acceptors (Lipinski definition) is 3. The van der Waals surface area contributed by atoms with Crippen molar-refractivity contribution in [3.8, 4) is 0 Å². The third-order valence-electron chi connectivity index (χ3n) is 4.12. The van der Waals surface area contributed by atoms with Crippen LogP contribution < -0.4 is 5.32 Å². The number of likely N-dealkylation sites (tertiary alicyclic amines) is 1. The molecule has 0 bridgehead atoms. The van der Waals surface area contributed by atoms with Crippen LogP contribution in [0.5, 0.6) is 0 Å². The molecule has 1 aromatic carbocycles. The lowest BCUT2D eigenvalue weighted by atomic mass is 10.0. The largest absolute Gasteiger partial charge is 0.316 e. The van der Waals surface area contributed by atoms with Gasteiger partial charge in [0.2, 0.25) is 0 Å². The summed E-state index contributed by atoms with van der Waals surface area (Å²) in [5, 5.41) is 3.21. The standard InChI is InChI=1S/C16H27N3/c1-17-12-14-5-4-6-15(11-14)13-19(3)16-7-9-18(2)10-8-16/h4-6,11,16-17H,7-10,12-13H2,1-3H3. The smallest absolute Gasteiger partial charge is 0.0233 e. The Morgan fingerprint density at radius 1 is 1.26 bits per heavy atom. The van der Waals surface area contributed by atoms with Gasteiger partial charge in [0.05, 0.1) is 0 Å². The Bertz CT molecular complexity index is 383. The molecule has 3 nitrogen and oxygen atoms in total. The van der Waals surface area contributed by atoms with E-state index in [4.69, 9.17) is 0 Å². The molecule has 0 unspecified atom stereocenters. The van der Waals surface area contributed by atoms with E-state index in [1.807, 2.05) is 7.05 Å². The van der Waals surface area contributed by atoms with Crippen molar-refractivity contribution in [3.63, 3.8) is 0 Å². The zero-order valence-corrected chi connectivity index (χ0v) is 12.5. The predicted octanol–water partition coefficient (Wildman–Crippen LogP) is 1.93. The first-order chi connectivity index (χ1) is 9.19. The van der Waals surface area contributed by atoms with Crippen LogP contribution >= 0.6 is 0 Å². The first-order valence-electron chi connectivity index (χ1n) is 7.30. The second kappa shape index (κ2) is 7.04. The van der Waals surface area contributed by atoms with Gasteiger partial charge < -0.3 is 10.2 Å². The SMILES string of the molecule is CNCc1cccc(CN(C)C2CCN(C)CC2)c1. The summed E-state index contributed by atoms with van der Waals surface area (Å²) < 4.78 is 0. The van der Waals surface area contributed by atoms with E-state index in [0.29, 0.717) is 0 Å². The third-order valence-corrected chi connectivity index (χ3v) is 4.12. The molecule has 2 rings (SSSR count). The minimum absolute atomic E-state index is 0.740. The number of nitrogens with one attached hydrogen (secondary N) is 1. The second-order valence-electron chi connectivity index (χ2n) is 5.80. The highest BCUT2D eigenvalue weighted by atomic mass is 15.2. The van der Waals surface area contributed by atoms with Crippen molar-refractivity contribution in [1.82, 2.24) is 15.1 Å². The molecule has 0 saturated carbocycles. The molecule has 3 heteroatoms. The van der Waals surface area contributed by atoms with E-state index in [9.17, 15) is 0 Å². The molecule has 1 N–H and O–H groups in total. The maximum absolute atomic E-state index is 3.21. The van der Waals surface area contributed by atoms with Crippen LogP contribution in [0.2, 0.25) is 0 Å². The van der Waals surface area contributed by atoms with E-state index in [-0.39, 0.29) is 0 Å². The van der Waals surface area contributed by atoms with Crippen LogP contribution in [0.4, 0.5) is 0 Å². The molecular formula is C16H27N3. The molecular weight excluding hydrogens is 234 g/mol. The Morgan fingerprint density at radius 2 is 1.95 bits per heavy atom. The van der Waals surface area contributed by atoms with Crippen LogP contribution in [-0.2, 0) is 13.1 Å². The lowest BCUT2D eigenvalue weighted by Crippen LogP contribution is -2.41. The minimum Gasteiger partial charge on any atom is -0.316 e. The van der Waals surface area contributed by atoms with Crippen molar-refractivity contribution in [3.05, 3.63) is 35.4 Å². The molecule has 1 saturated heterocycles. The summed E-state index contributed by atoms with van der Waals surface area (Å²) in [6, 6.07) is 9.66. The van der Waals surface area contributed by atoms with Crippen LogP contribution in [0, 0.1) is 0 Å². The summed E-state index contributed by atoms with van der Waals surface area (Å²) in [6.07, 6.45) is 2.59. The second-order valence-corrected chi connectivity index (χ2v) is 5.80. The van der Waals surface area contributed by atoms with Gasteiger partial charge in [-0.3, -0.25) is 4.90 Å². The average Bonchev–Trinajstić information content (AvgIpc) is 2.40. The first kappa shape index (κ1) is 14.5. The van der Waals surface area contributed by atoms with E-state index >= 15 is 0 Å². The Kier molecular flexibility index (Phi) is 5.37. The molecule has 0 aliphatic carbocycles. The van der Waals surface area contributed by atoms with Crippen molar-refractivity contribution in [1.29, 1.82) is 0 Å². The third kappa shape index (κ3) is 4.30. The van der Waals surface area contributed by atoms with Gasteiger partial charge >= 0.3 is 0 Å². The number of piperidine rings is 1. The molecule has 1 aliphatic heterocycles. The Balaban J connectivity index is 1.90. The van der Waals surface area contributed by atoms with Gasteiger partial charge in [-0.1, -0.05) is 24.3 Å². The van der Waals surface area contributed by atoms with Crippen molar-refractivity contribution >= 4 is 0 Å². The van der Waals surface area contributed by atoms with Crippen LogP contribution in [0.3, 0.4) is 0 Å². The molecule has 0 aromatic heterocycles. The maximum atomic E-state index is 3.21. The minimum atomic E-state index is 0.740. The summed E-state index contributed by atoms with van der Waals surface area (Å²) in [6.45, 7) is 4.47. The molecule has 1 fully saturated rings. The van der Waals surface area contributed by atoms with Gasteiger partial charge in [-0.15, -0.1) is 0 Å². The summed E-state index contributed by atoms with van der Waals surface area (Å²) in [7, 11) is 6.48. The van der Waals surface area contributed by atoms with E-state index in [2.05, 4.69) is 53.5 Å². The van der Waals surface area contributed by atoms with Gasteiger partial charge in [-0.05, 0) is 58.2 Å². The van der Waals surface area contributed by atoms with Crippen molar-refractivity contribution < 1.29 is 0 Å². The summed E-state index contributed by atoms with van der Waals surface area (Å²) in [5.41, 5.74) is 2.80. The zero-order valence-electron chi connectivity index (χ0n) is 12.5. The highest BCUT2D eigenvalue weighted by molar-refractivity contribution is 5.23. The normalized spacial score (nSPS) is 18.1. The van der Waals surface area contributed by atoms with E-state index in [0.717, 1.165) is 19.1 Å². The van der Waals surface area contributed by atoms with Gasteiger partial charge in [0.1, 0.15) is 0 Å². The fourth-order valence-corrected chi connectivity index (χ4v) is 2.89. The predicted molar refractivity (Wildman–Crippen MR) is 81.2 cm³/mol. The Morgan fingerprint density at radius 3 is 2.63 bits per heavy atom. The molecule has 1 heterocycles. The van der Waals surface area contributed by atoms with Gasteiger partial charge in [0.25, 0.3) is 0 Å². The fraction of sp³-hybridized carbons (Fsp3) is 0.625.